The van der Waals surface area contributed by atoms with Crippen molar-refractivity contribution in [3.05, 3.63) is 12.7 Å². The molecule has 0 rings (SSSR count). The Hall–Kier alpha value is -0.195. The van der Waals surface area contributed by atoms with Gasteiger partial charge in [0, 0.05) is 0 Å². The molecule has 1 unspecified atom stereocenters. The Morgan fingerprint density at radius 1 is 2.00 bits per heavy atom. The quantitative estimate of drug-likeness (QED) is 0.348. The van der Waals surface area contributed by atoms with Crippen LogP contribution in [-0.4, -0.2) is 7.85 Å². The first-order chi connectivity index (χ1) is 2.77. The summed E-state index contributed by atoms with van der Waals surface area (Å²) >= 11 is 0. The molecule has 0 aromatic carbocycles. The first-order valence-corrected chi connectivity index (χ1v) is 2.14. The summed E-state index contributed by atoms with van der Waals surface area (Å²) in [5.41, 5.74) is 0. The minimum Gasteiger partial charge on any atom is -0.103 e. The Balaban J connectivity index is 2.81. The van der Waals surface area contributed by atoms with Crippen molar-refractivity contribution in [2.24, 2.45) is 0 Å². The summed E-state index contributed by atoms with van der Waals surface area (Å²) in [4.78, 5) is 0. The van der Waals surface area contributed by atoms with Crippen LogP contribution < -0.4 is 0 Å². The highest BCUT2D eigenvalue weighted by molar-refractivity contribution is 6.11. The third kappa shape index (κ3) is 3.80. The van der Waals surface area contributed by atoms with E-state index < -0.39 is 0 Å². The second-order valence-electron chi connectivity index (χ2n) is 1.50. The lowest BCUT2D eigenvalue weighted by molar-refractivity contribution is 0.954. The van der Waals surface area contributed by atoms with Crippen LogP contribution >= 0.6 is 0 Å². The zero-order chi connectivity index (χ0) is 4.99. The Morgan fingerprint density at radius 2 is 2.50 bits per heavy atom. The smallest absolute Gasteiger partial charge is 0.0699 e. The van der Waals surface area contributed by atoms with E-state index in [9.17, 15) is 0 Å². The average molecular weight is 79.9 g/mol. The molecule has 0 heterocycles. The van der Waals surface area contributed by atoms with Crippen molar-refractivity contribution >= 4 is 7.85 Å². The lowest BCUT2D eigenvalue weighted by atomic mass is 9.87. The summed E-state index contributed by atoms with van der Waals surface area (Å²) in [6.07, 6.45) is 2.74. The molecular formula is C5H9B. The third-order valence-corrected chi connectivity index (χ3v) is 0.538. The van der Waals surface area contributed by atoms with Gasteiger partial charge < -0.3 is 0 Å². The second-order valence-corrected chi connectivity index (χ2v) is 1.50. The molecule has 0 bridgehead atoms. The number of allylic oxidation sites excluding steroid dienone is 1. The van der Waals surface area contributed by atoms with E-state index in [1.165, 1.54) is 0 Å². The van der Waals surface area contributed by atoms with Crippen molar-refractivity contribution in [2.45, 2.75) is 19.2 Å². The second kappa shape index (κ2) is 3.01. The van der Waals surface area contributed by atoms with Crippen molar-refractivity contribution in [3.8, 4) is 0 Å². The number of rotatable bonds is 2. The molecule has 0 aliphatic rings. The molecule has 0 N–H and O–H groups in total. The van der Waals surface area contributed by atoms with Crippen LogP contribution in [0.15, 0.2) is 12.7 Å². The highest BCUT2D eigenvalue weighted by Crippen LogP contribution is 2.00. The molecule has 0 aromatic rings. The van der Waals surface area contributed by atoms with Gasteiger partial charge in [-0.15, -0.1) is 6.58 Å². The van der Waals surface area contributed by atoms with E-state index in [2.05, 4.69) is 6.58 Å². The van der Waals surface area contributed by atoms with Gasteiger partial charge in [-0.1, -0.05) is 18.8 Å². The first-order valence-electron chi connectivity index (χ1n) is 2.14. The van der Waals surface area contributed by atoms with Crippen LogP contribution in [0.25, 0.3) is 0 Å². The van der Waals surface area contributed by atoms with Gasteiger partial charge in [0.1, 0.15) is 0 Å². The molecule has 0 saturated heterocycles. The first kappa shape index (κ1) is 5.80. The summed E-state index contributed by atoms with van der Waals surface area (Å²) in [6, 6.07) is 0. The van der Waals surface area contributed by atoms with Crippen LogP contribution in [0.1, 0.15) is 13.3 Å². The van der Waals surface area contributed by atoms with Crippen LogP contribution in [0.3, 0.4) is 0 Å². The van der Waals surface area contributed by atoms with Crippen LogP contribution in [0.4, 0.5) is 0 Å². The van der Waals surface area contributed by atoms with Crippen molar-refractivity contribution in [3.63, 3.8) is 0 Å². The molecule has 0 aromatic heterocycles. The van der Waals surface area contributed by atoms with E-state index in [-0.39, 0.29) is 5.82 Å². The van der Waals surface area contributed by atoms with Crippen molar-refractivity contribution in [1.29, 1.82) is 0 Å². The van der Waals surface area contributed by atoms with Crippen molar-refractivity contribution in [2.75, 3.05) is 0 Å². The molecule has 32 valence electrons. The van der Waals surface area contributed by atoms with Crippen molar-refractivity contribution < 1.29 is 0 Å². The fourth-order valence-corrected chi connectivity index (χ4v) is 0.263. The van der Waals surface area contributed by atoms with E-state index in [0.717, 1.165) is 6.42 Å². The molecule has 0 nitrogen and oxygen atoms in total. The normalized spacial score (nSPS) is 13.5. The van der Waals surface area contributed by atoms with Crippen LogP contribution in [0.5, 0.6) is 0 Å². The topological polar surface area (TPSA) is 0 Å². The predicted octanol–water partition coefficient (Wildman–Crippen LogP) is 1.54. The Bertz CT molecular complexity index is 39.2. The molecule has 0 saturated carbocycles. The predicted molar refractivity (Wildman–Crippen MR) is 30.0 cm³/mol. The molecular weight excluding hydrogens is 70.9 g/mol. The van der Waals surface area contributed by atoms with E-state index in [0.29, 0.717) is 0 Å². The maximum atomic E-state index is 5.33. The lowest BCUT2D eigenvalue weighted by Gasteiger charge is -1.92. The van der Waals surface area contributed by atoms with Gasteiger partial charge in [-0.3, -0.25) is 0 Å². The Labute approximate surface area is 40.7 Å². The summed E-state index contributed by atoms with van der Waals surface area (Å²) in [5.74, 6) is 0.280. The van der Waals surface area contributed by atoms with E-state index >= 15 is 0 Å². The van der Waals surface area contributed by atoms with E-state index in [4.69, 9.17) is 7.85 Å². The summed E-state index contributed by atoms with van der Waals surface area (Å²) in [7, 11) is 5.33. The van der Waals surface area contributed by atoms with Gasteiger partial charge in [0.2, 0.25) is 0 Å². The van der Waals surface area contributed by atoms with Crippen LogP contribution in [0, 0.1) is 0 Å². The van der Waals surface area contributed by atoms with Crippen LogP contribution in [-0.2, 0) is 0 Å². The minimum absolute atomic E-state index is 0.280. The van der Waals surface area contributed by atoms with Crippen LogP contribution in [0.2, 0.25) is 5.82 Å². The molecule has 0 amide bonds. The van der Waals surface area contributed by atoms with Gasteiger partial charge in [-0.25, -0.2) is 0 Å². The maximum absolute atomic E-state index is 5.33. The molecule has 1 atom stereocenters. The van der Waals surface area contributed by atoms with Gasteiger partial charge in [0.05, 0.1) is 7.85 Å². The summed E-state index contributed by atoms with van der Waals surface area (Å²) in [5, 5.41) is 0. The molecule has 1 heteroatoms. The van der Waals surface area contributed by atoms with E-state index in [1.54, 1.807) is 0 Å². The minimum atomic E-state index is 0.280. The van der Waals surface area contributed by atoms with E-state index in [1.807, 2.05) is 13.0 Å². The molecule has 2 radical (unpaired) electrons. The molecule has 0 spiro atoms. The Morgan fingerprint density at radius 3 is 2.50 bits per heavy atom. The van der Waals surface area contributed by atoms with Gasteiger partial charge >= 0.3 is 0 Å². The van der Waals surface area contributed by atoms with Crippen molar-refractivity contribution in [1.82, 2.24) is 0 Å². The largest absolute Gasteiger partial charge is 0.103 e. The molecule has 0 fully saturated rings. The highest BCUT2D eigenvalue weighted by atomic mass is 13.8. The maximum Gasteiger partial charge on any atom is 0.0699 e. The van der Waals surface area contributed by atoms with Gasteiger partial charge in [-0.05, 0) is 6.42 Å². The number of hydrogen-bond donors (Lipinski definition) is 0. The SMILES string of the molecule is [B]C(C)CC=C. The third-order valence-electron chi connectivity index (χ3n) is 0.538. The lowest BCUT2D eigenvalue weighted by Crippen LogP contribution is -1.78. The standard InChI is InChI=1S/C5H9B/c1-3-4-5(2)6/h3,5H,1,4H2,2H3. The zero-order valence-corrected chi connectivity index (χ0v) is 4.15. The van der Waals surface area contributed by atoms with Gasteiger partial charge in [0.15, 0.2) is 0 Å². The zero-order valence-electron chi connectivity index (χ0n) is 4.15. The fourth-order valence-electron chi connectivity index (χ4n) is 0.263. The highest BCUT2D eigenvalue weighted by Gasteiger charge is 1.82. The summed E-state index contributed by atoms with van der Waals surface area (Å²) in [6.45, 7) is 5.48. The molecule has 0 aliphatic carbocycles. The molecule has 6 heavy (non-hydrogen) atoms. The average Bonchev–Trinajstić information content (AvgIpc) is 1.35. The molecule has 0 aliphatic heterocycles. The Kier molecular flexibility index (Phi) is 2.92. The number of hydrogen-bond acceptors (Lipinski definition) is 0. The monoisotopic (exact) mass is 80.1 g/mol. The van der Waals surface area contributed by atoms with Gasteiger partial charge in [-0.2, -0.15) is 0 Å². The van der Waals surface area contributed by atoms with Gasteiger partial charge in [0.25, 0.3) is 0 Å². The summed E-state index contributed by atoms with van der Waals surface area (Å²) < 4.78 is 0. The fraction of sp³-hybridized carbons (Fsp3) is 0.600.